The second-order valence-corrected chi connectivity index (χ2v) is 5.75. The molecule has 1 aromatic carbocycles. The van der Waals surface area contributed by atoms with Crippen LogP contribution in [0.5, 0.6) is 0 Å². The van der Waals surface area contributed by atoms with E-state index in [1.807, 2.05) is 42.3 Å². The van der Waals surface area contributed by atoms with Crippen LogP contribution in [0.25, 0.3) is 0 Å². The maximum atomic E-state index is 12.5. The largest absolute Gasteiger partial charge is 0.479 e. The van der Waals surface area contributed by atoms with E-state index < -0.39 is 12.1 Å². The van der Waals surface area contributed by atoms with Crippen LogP contribution in [0.2, 0.25) is 0 Å². The highest BCUT2D eigenvalue weighted by Gasteiger charge is 2.29. The first kappa shape index (κ1) is 16.9. The molecule has 1 atom stereocenters. The molecule has 3 rings (SSSR count). The van der Waals surface area contributed by atoms with Crippen molar-refractivity contribution in [2.75, 3.05) is 31.6 Å². The third-order valence-electron chi connectivity index (χ3n) is 4.11. The third kappa shape index (κ3) is 3.77. The van der Waals surface area contributed by atoms with Gasteiger partial charge in [0.05, 0.1) is 18.7 Å². The Labute approximate surface area is 145 Å². The fraction of sp³-hybridized carbons (Fsp3) is 0.278. The predicted molar refractivity (Wildman–Crippen MR) is 92.0 cm³/mol. The average Bonchev–Trinajstić information content (AvgIpc) is 2.67. The summed E-state index contributed by atoms with van der Waals surface area (Å²) in [6.07, 6.45) is 0.539. The van der Waals surface area contributed by atoms with Crippen LogP contribution < -0.4 is 4.90 Å². The van der Waals surface area contributed by atoms with E-state index in [1.165, 1.54) is 11.1 Å². The summed E-state index contributed by atoms with van der Waals surface area (Å²) in [6.45, 7) is 0.624. The smallest absolute Gasteiger partial charge is 0.334 e. The molecule has 1 N–H and O–H groups in total. The molecule has 1 aliphatic heterocycles. The van der Waals surface area contributed by atoms with Crippen molar-refractivity contribution >= 4 is 23.4 Å². The van der Waals surface area contributed by atoms with Crippen molar-refractivity contribution in [3.8, 4) is 0 Å². The number of hydrogen-bond donors (Lipinski definition) is 1. The summed E-state index contributed by atoms with van der Waals surface area (Å²) in [5.74, 6) is -0.584. The van der Waals surface area contributed by atoms with E-state index in [1.54, 1.807) is 12.1 Å². The summed E-state index contributed by atoms with van der Waals surface area (Å²) in [7, 11) is 1.90. The van der Waals surface area contributed by atoms with Gasteiger partial charge in [-0.3, -0.25) is 4.79 Å². The van der Waals surface area contributed by atoms with Gasteiger partial charge in [0.15, 0.2) is 6.10 Å². The number of para-hydroxylation sites is 1. The summed E-state index contributed by atoms with van der Waals surface area (Å²) in [4.78, 5) is 31.3. The van der Waals surface area contributed by atoms with Gasteiger partial charge >= 0.3 is 5.97 Å². The van der Waals surface area contributed by atoms with Crippen LogP contribution in [0.4, 0.5) is 11.5 Å². The van der Waals surface area contributed by atoms with Crippen LogP contribution >= 0.6 is 0 Å². The van der Waals surface area contributed by atoms with Gasteiger partial charge in [-0.15, -0.1) is 0 Å². The standard InChI is InChI=1S/C18H19N3O4/c1-20(14-5-3-2-4-6-14)16-8-7-13(11-19-16)17(22)21-9-10-25-15(12-21)18(23)24/h2-8,11,15H,9-10,12H2,1H3,(H,23,24). The van der Waals surface area contributed by atoms with Gasteiger partial charge in [0.25, 0.3) is 5.91 Å². The van der Waals surface area contributed by atoms with Crippen molar-refractivity contribution in [2.45, 2.75) is 6.10 Å². The number of anilines is 2. The normalized spacial score (nSPS) is 17.2. The summed E-state index contributed by atoms with van der Waals surface area (Å²) in [5, 5.41) is 9.03. The van der Waals surface area contributed by atoms with Gasteiger partial charge in [-0.1, -0.05) is 18.2 Å². The highest BCUT2D eigenvalue weighted by molar-refractivity contribution is 5.94. The van der Waals surface area contributed by atoms with E-state index >= 15 is 0 Å². The van der Waals surface area contributed by atoms with Crippen molar-refractivity contribution in [3.05, 3.63) is 54.2 Å². The van der Waals surface area contributed by atoms with Gasteiger partial charge in [-0.05, 0) is 24.3 Å². The van der Waals surface area contributed by atoms with E-state index in [0.717, 1.165) is 5.69 Å². The highest BCUT2D eigenvalue weighted by Crippen LogP contribution is 2.21. The van der Waals surface area contributed by atoms with E-state index in [2.05, 4.69) is 4.98 Å². The zero-order valence-corrected chi connectivity index (χ0v) is 13.8. The van der Waals surface area contributed by atoms with Crippen LogP contribution in [0.3, 0.4) is 0 Å². The highest BCUT2D eigenvalue weighted by atomic mass is 16.5. The van der Waals surface area contributed by atoms with E-state index in [9.17, 15) is 9.59 Å². The second kappa shape index (κ2) is 7.31. The first-order valence-corrected chi connectivity index (χ1v) is 7.95. The summed E-state index contributed by atoms with van der Waals surface area (Å²) >= 11 is 0. The lowest BCUT2D eigenvalue weighted by molar-refractivity contribution is -0.154. The number of pyridine rings is 1. The number of carbonyl (C=O) groups excluding carboxylic acids is 1. The molecule has 0 radical (unpaired) electrons. The molecule has 1 aliphatic rings. The minimum absolute atomic E-state index is 0.0415. The Bertz CT molecular complexity index is 749. The zero-order valence-electron chi connectivity index (χ0n) is 13.8. The summed E-state index contributed by atoms with van der Waals surface area (Å²) < 4.78 is 5.14. The maximum absolute atomic E-state index is 12.5. The number of carbonyl (C=O) groups is 2. The van der Waals surface area contributed by atoms with Crippen LogP contribution in [0, 0.1) is 0 Å². The third-order valence-corrected chi connectivity index (χ3v) is 4.11. The molecule has 130 valence electrons. The van der Waals surface area contributed by atoms with Gasteiger partial charge in [-0.25, -0.2) is 9.78 Å². The van der Waals surface area contributed by atoms with E-state index in [-0.39, 0.29) is 19.1 Å². The Morgan fingerprint density at radius 3 is 2.64 bits per heavy atom. The van der Waals surface area contributed by atoms with Gasteiger partial charge in [0.2, 0.25) is 0 Å². The molecule has 2 aromatic rings. The second-order valence-electron chi connectivity index (χ2n) is 5.75. The number of hydrogen-bond acceptors (Lipinski definition) is 5. The molecule has 1 amide bonds. The van der Waals surface area contributed by atoms with Crippen molar-refractivity contribution < 1.29 is 19.4 Å². The average molecular weight is 341 g/mol. The number of nitrogens with zero attached hydrogens (tertiary/aromatic N) is 3. The molecular weight excluding hydrogens is 322 g/mol. The molecule has 7 nitrogen and oxygen atoms in total. The van der Waals surface area contributed by atoms with Crippen LogP contribution in [-0.2, 0) is 9.53 Å². The molecule has 2 heterocycles. The molecule has 1 aromatic heterocycles. The number of carboxylic acids is 1. The topological polar surface area (TPSA) is 83.0 Å². The van der Waals surface area contributed by atoms with Gasteiger partial charge in [0, 0.05) is 25.5 Å². The molecule has 1 fully saturated rings. The molecule has 1 saturated heterocycles. The molecule has 0 bridgehead atoms. The molecule has 25 heavy (non-hydrogen) atoms. The summed E-state index contributed by atoms with van der Waals surface area (Å²) in [5.41, 5.74) is 1.42. The number of amides is 1. The number of carboxylic acid groups (broad SMARTS) is 1. The van der Waals surface area contributed by atoms with Crippen molar-refractivity contribution in [1.29, 1.82) is 0 Å². The van der Waals surface area contributed by atoms with Crippen molar-refractivity contribution in [3.63, 3.8) is 0 Å². The Kier molecular flexibility index (Phi) is 4.95. The minimum atomic E-state index is -1.06. The Morgan fingerprint density at radius 1 is 1.24 bits per heavy atom. The fourth-order valence-electron chi connectivity index (χ4n) is 2.66. The van der Waals surface area contributed by atoms with Crippen LogP contribution in [0.1, 0.15) is 10.4 Å². The zero-order chi connectivity index (χ0) is 17.8. The molecule has 7 heteroatoms. The van der Waals surface area contributed by atoms with Gasteiger partial charge < -0.3 is 19.6 Å². The monoisotopic (exact) mass is 341 g/mol. The fourth-order valence-corrected chi connectivity index (χ4v) is 2.66. The Morgan fingerprint density at radius 2 is 2.00 bits per heavy atom. The van der Waals surface area contributed by atoms with E-state index in [4.69, 9.17) is 9.84 Å². The number of aliphatic carboxylic acids is 1. The lowest BCUT2D eigenvalue weighted by Crippen LogP contribution is -2.48. The van der Waals surface area contributed by atoms with Gasteiger partial charge in [-0.2, -0.15) is 0 Å². The Balaban J connectivity index is 1.71. The number of benzene rings is 1. The van der Waals surface area contributed by atoms with Crippen LogP contribution in [-0.4, -0.2) is 59.7 Å². The molecular formula is C18H19N3O4. The first-order chi connectivity index (χ1) is 12.1. The van der Waals surface area contributed by atoms with E-state index in [0.29, 0.717) is 17.9 Å². The van der Waals surface area contributed by atoms with Crippen LogP contribution in [0.15, 0.2) is 48.7 Å². The first-order valence-electron chi connectivity index (χ1n) is 7.95. The number of aromatic nitrogens is 1. The molecule has 0 aliphatic carbocycles. The number of ether oxygens (including phenoxy) is 1. The molecule has 0 spiro atoms. The SMILES string of the molecule is CN(c1ccccc1)c1ccc(C(=O)N2CCOC(C(=O)O)C2)cn1. The number of rotatable bonds is 4. The molecule has 0 saturated carbocycles. The Hall–Kier alpha value is -2.93. The quantitative estimate of drug-likeness (QED) is 0.913. The summed E-state index contributed by atoms with van der Waals surface area (Å²) in [6, 6.07) is 13.3. The van der Waals surface area contributed by atoms with Crippen molar-refractivity contribution in [2.24, 2.45) is 0 Å². The molecule has 1 unspecified atom stereocenters. The lowest BCUT2D eigenvalue weighted by Gasteiger charge is -2.30. The van der Waals surface area contributed by atoms with Gasteiger partial charge in [0.1, 0.15) is 5.82 Å². The lowest BCUT2D eigenvalue weighted by atomic mass is 10.2. The maximum Gasteiger partial charge on any atom is 0.334 e. The minimum Gasteiger partial charge on any atom is -0.479 e. The van der Waals surface area contributed by atoms with Crippen molar-refractivity contribution in [1.82, 2.24) is 9.88 Å². The number of morpholine rings is 1. The predicted octanol–water partition coefficient (Wildman–Crippen LogP) is 1.78.